The molecule has 0 aliphatic carbocycles. The van der Waals surface area contributed by atoms with Gasteiger partial charge < -0.3 is 5.32 Å². The number of carbonyl (C=O) groups excluding carboxylic acids is 1. The van der Waals surface area contributed by atoms with Crippen molar-refractivity contribution in [1.29, 1.82) is 0 Å². The number of nitrogens with one attached hydrogen (secondary N) is 1. The van der Waals surface area contributed by atoms with Gasteiger partial charge in [-0.05, 0) is 36.2 Å². The van der Waals surface area contributed by atoms with Gasteiger partial charge in [-0.15, -0.1) is 0 Å². The Hall–Kier alpha value is -1.80. The molecule has 1 N–H and O–H groups in total. The number of para-hydroxylation sites is 1. The van der Waals surface area contributed by atoms with Gasteiger partial charge in [-0.1, -0.05) is 42.8 Å². The second-order valence-corrected chi connectivity index (χ2v) is 4.39. The molecule has 0 unspecified atom stereocenters. The lowest BCUT2D eigenvalue weighted by Gasteiger charge is -2.07. The minimum atomic E-state index is -0.147. The molecule has 2 rings (SSSR count). The van der Waals surface area contributed by atoms with E-state index < -0.39 is 0 Å². The third-order valence-electron chi connectivity index (χ3n) is 2.75. The lowest BCUT2D eigenvalue weighted by molar-refractivity contribution is 0.102. The number of hydrogen-bond donors (Lipinski definition) is 1. The number of amides is 1. The molecule has 18 heavy (non-hydrogen) atoms. The van der Waals surface area contributed by atoms with E-state index in [1.807, 2.05) is 36.4 Å². The highest BCUT2D eigenvalue weighted by Gasteiger charge is 2.07. The standard InChI is InChI=1S/C15H14ClNO/c1-2-11-7-9-12(10-8-11)15(18)17-14-6-4-3-5-13(14)16/h3-10H,2H2,1H3,(H,17,18). The van der Waals surface area contributed by atoms with Gasteiger partial charge in [-0.25, -0.2) is 0 Å². The Kier molecular flexibility index (Phi) is 4.00. The molecular weight excluding hydrogens is 246 g/mol. The fourth-order valence-corrected chi connectivity index (χ4v) is 1.83. The molecule has 92 valence electrons. The second kappa shape index (κ2) is 5.69. The Balaban J connectivity index is 2.14. The molecule has 0 heterocycles. The number of aryl methyl sites for hydroxylation is 1. The van der Waals surface area contributed by atoms with Gasteiger partial charge in [0.25, 0.3) is 5.91 Å². The largest absolute Gasteiger partial charge is 0.321 e. The van der Waals surface area contributed by atoms with Crippen LogP contribution in [-0.2, 0) is 6.42 Å². The van der Waals surface area contributed by atoms with E-state index in [0.29, 0.717) is 16.3 Å². The predicted octanol–water partition coefficient (Wildman–Crippen LogP) is 4.15. The zero-order chi connectivity index (χ0) is 13.0. The number of rotatable bonds is 3. The van der Waals surface area contributed by atoms with Crippen LogP contribution in [0.1, 0.15) is 22.8 Å². The first-order valence-corrected chi connectivity index (χ1v) is 6.23. The molecule has 0 atom stereocenters. The van der Waals surface area contributed by atoms with Crippen LogP contribution in [0.4, 0.5) is 5.69 Å². The van der Waals surface area contributed by atoms with E-state index in [1.165, 1.54) is 5.56 Å². The molecule has 0 saturated carbocycles. The Labute approximate surface area is 112 Å². The van der Waals surface area contributed by atoms with Crippen molar-refractivity contribution in [1.82, 2.24) is 0 Å². The normalized spacial score (nSPS) is 10.1. The second-order valence-electron chi connectivity index (χ2n) is 3.98. The number of benzene rings is 2. The molecule has 2 aromatic carbocycles. The van der Waals surface area contributed by atoms with E-state index in [0.717, 1.165) is 6.42 Å². The van der Waals surface area contributed by atoms with Gasteiger partial charge in [0.05, 0.1) is 10.7 Å². The third-order valence-corrected chi connectivity index (χ3v) is 3.08. The van der Waals surface area contributed by atoms with Crippen LogP contribution >= 0.6 is 11.6 Å². The molecule has 0 aromatic heterocycles. The number of halogens is 1. The maximum absolute atomic E-state index is 12.0. The molecule has 3 heteroatoms. The van der Waals surface area contributed by atoms with Crippen LogP contribution < -0.4 is 5.32 Å². The molecule has 0 bridgehead atoms. The third kappa shape index (κ3) is 2.90. The minimum absolute atomic E-state index is 0.147. The topological polar surface area (TPSA) is 29.1 Å². The summed E-state index contributed by atoms with van der Waals surface area (Å²) in [6.07, 6.45) is 0.965. The van der Waals surface area contributed by atoms with Crippen LogP contribution in [-0.4, -0.2) is 5.91 Å². The first kappa shape index (κ1) is 12.7. The maximum atomic E-state index is 12.0. The average molecular weight is 260 g/mol. The molecule has 0 aliphatic heterocycles. The Morgan fingerprint density at radius 3 is 2.39 bits per heavy atom. The van der Waals surface area contributed by atoms with Crippen molar-refractivity contribution < 1.29 is 4.79 Å². The lowest BCUT2D eigenvalue weighted by atomic mass is 10.1. The fraction of sp³-hybridized carbons (Fsp3) is 0.133. The van der Waals surface area contributed by atoms with Crippen molar-refractivity contribution in [2.45, 2.75) is 13.3 Å². The van der Waals surface area contributed by atoms with E-state index in [9.17, 15) is 4.79 Å². The van der Waals surface area contributed by atoms with Gasteiger partial charge in [0.1, 0.15) is 0 Å². The molecule has 2 aromatic rings. The SMILES string of the molecule is CCc1ccc(C(=O)Nc2ccccc2Cl)cc1. The van der Waals surface area contributed by atoms with E-state index in [2.05, 4.69) is 12.2 Å². The summed E-state index contributed by atoms with van der Waals surface area (Å²) in [5.41, 5.74) is 2.47. The van der Waals surface area contributed by atoms with E-state index in [-0.39, 0.29) is 5.91 Å². The first-order valence-electron chi connectivity index (χ1n) is 5.85. The molecule has 0 saturated heterocycles. The van der Waals surface area contributed by atoms with Crippen LogP contribution in [0.2, 0.25) is 5.02 Å². The summed E-state index contributed by atoms with van der Waals surface area (Å²) in [6, 6.07) is 14.8. The lowest BCUT2D eigenvalue weighted by Crippen LogP contribution is -2.12. The number of anilines is 1. The predicted molar refractivity (Wildman–Crippen MR) is 75.2 cm³/mol. The summed E-state index contributed by atoms with van der Waals surface area (Å²) in [5.74, 6) is -0.147. The van der Waals surface area contributed by atoms with Crippen LogP contribution in [0.25, 0.3) is 0 Å². The molecule has 0 fully saturated rings. The van der Waals surface area contributed by atoms with Crippen molar-refractivity contribution in [2.24, 2.45) is 0 Å². The smallest absolute Gasteiger partial charge is 0.255 e. The van der Waals surface area contributed by atoms with Gasteiger partial charge in [-0.2, -0.15) is 0 Å². The summed E-state index contributed by atoms with van der Waals surface area (Å²) < 4.78 is 0. The zero-order valence-corrected chi connectivity index (χ0v) is 10.9. The molecule has 2 nitrogen and oxygen atoms in total. The molecular formula is C15H14ClNO. The quantitative estimate of drug-likeness (QED) is 0.881. The minimum Gasteiger partial charge on any atom is -0.321 e. The average Bonchev–Trinajstić information content (AvgIpc) is 2.41. The van der Waals surface area contributed by atoms with E-state index in [4.69, 9.17) is 11.6 Å². The molecule has 1 amide bonds. The number of hydrogen-bond acceptors (Lipinski definition) is 1. The first-order chi connectivity index (χ1) is 8.70. The zero-order valence-electron chi connectivity index (χ0n) is 10.1. The summed E-state index contributed by atoms with van der Waals surface area (Å²) in [4.78, 5) is 12.0. The highest BCUT2D eigenvalue weighted by atomic mass is 35.5. The maximum Gasteiger partial charge on any atom is 0.255 e. The van der Waals surface area contributed by atoms with Crippen LogP contribution in [0.5, 0.6) is 0 Å². The van der Waals surface area contributed by atoms with Gasteiger partial charge in [0.2, 0.25) is 0 Å². The molecule has 0 radical (unpaired) electrons. The van der Waals surface area contributed by atoms with Gasteiger partial charge in [0, 0.05) is 5.56 Å². The number of carbonyl (C=O) groups is 1. The van der Waals surface area contributed by atoms with Crippen molar-refractivity contribution in [3.63, 3.8) is 0 Å². The Morgan fingerprint density at radius 1 is 1.11 bits per heavy atom. The van der Waals surface area contributed by atoms with E-state index in [1.54, 1.807) is 12.1 Å². The van der Waals surface area contributed by atoms with Crippen molar-refractivity contribution in [3.8, 4) is 0 Å². The van der Waals surface area contributed by atoms with Crippen LogP contribution in [0.3, 0.4) is 0 Å². The molecule has 0 aliphatic rings. The van der Waals surface area contributed by atoms with Crippen molar-refractivity contribution in [2.75, 3.05) is 5.32 Å². The monoisotopic (exact) mass is 259 g/mol. The summed E-state index contributed by atoms with van der Waals surface area (Å²) in [5, 5.41) is 3.33. The summed E-state index contributed by atoms with van der Waals surface area (Å²) in [7, 11) is 0. The highest BCUT2D eigenvalue weighted by Crippen LogP contribution is 2.21. The van der Waals surface area contributed by atoms with Gasteiger partial charge >= 0.3 is 0 Å². The van der Waals surface area contributed by atoms with Crippen LogP contribution in [0.15, 0.2) is 48.5 Å². The summed E-state index contributed by atoms with van der Waals surface area (Å²) in [6.45, 7) is 2.08. The van der Waals surface area contributed by atoms with Crippen LogP contribution in [0, 0.1) is 0 Å². The van der Waals surface area contributed by atoms with Gasteiger partial charge in [-0.3, -0.25) is 4.79 Å². The van der Waals surface area contributed by atoms with Gasteiger partial charge in [0.15, 0.2) is 0 Å². The summed E-state index contributed by atoms with van der Waals surface area (Å²) >= 11 is 5.99. The Bertz CT molecular complexity index is 549. The van der Waals surface area contributed by atoms with Crippen molar-refractivity contribution >= 4 is 23.2 Å². The Morgan fingerprint density at radius 2 is 1.78 bits per heavy atom. The van der Waals surface area contributed by atoms with E-state index >= 15 is 0 Å². The van der Waals surface area contributed by atoms with Crippen molar-refractivity contribution in [3.05, 3.63) is 64.7 Å². The highest BCUT2D eigenvalue weighted by molar-refractivity contribution is 6.33. The fourth-order valence-electron chi connectivity index (χ4n) is 1.65. The molecule has 0 spiro atoms.